The van der Waals surface area contributed by atoms with E-state index in [-0.39, 0.29) is 48.3 Å². The molecule has 14 heteroatoms. The summed E-state index contributed by atoms with van der Waals surface area (Å²) in [6.45, 7) is 2.40. The van der Waals surface area contributed by atoms with Crippen LogP contribution >= 0.6 is 0 Å². The van der Waals surface area contributed by atoms with Crippen LogP contribution in [-0.4, -0.2) is 77.8 Å². The lowest BCUT2D eigenvalue weighted by atomic mass is 9.91. The van der Waals surface area contributed by atoms with E-state index >= 15 is 0 Å². The van der Waals surface area contributed by atoms with E-state index < -0.39 is 27.4 Å². The molecule has 2 aliphatic heterocycles. The van der Waals surface area contributed by atoms with Gasteiger partial charge in [-0.1, -0.05) is 0 Å². The number of nitrogens with two attached hydrogens (primary N) is 1. The van der Waals surface area contributed by atoms with Gasteiger partial charge in [0.1, 0.15) is 10.7 Å². The summed E-state index contributed by atoms with van der Waals surface area (Å²) in [5, 5.41) is 9.92. The molecule has 10 nitrogen and oxygen atoms in total. The Morgan fingerprint density at radius 3 is 2.36 bits per heavy atom. The molecule has 0 amide bonds. The van der Waals surface area contributed by atoms with Crippen LogP contribution in [0, 0.1) is 5.92 Å². The van der Waals surface area contributed by atoms with E-state index in [1.165, 1.54) is 22.6 Å². The molecule has 4 rings (SSSR count). The number of aliphatic hydroxyl groups is 1. The van der Waals surface area contributed by atoms with Crippen molar-refractivity contribution in [2.45, 2.75) is 48.9 Å². The average molecular weight is 531 g/mol. The van der Waals surface area contributed by atoms with E-state index in [1.807, 2.05) is 4.90 Å². The molecule has 2 aromatic rings. The summed E-state index contributed by atoms with van der Waals surface area (Å²) in [5.41, 5.74) is 2.02. The van der Waals surface area contributed by atoms with Crippen LogP contribution in [0.4, 0.5) is 24.9 Å². The van der Waals surface area contributed by atoms with Gasteiger partial charge in [-0.2, -0.15) is 17.5 Å². The standard InChI is InChI=1S/C22H29F3N6O4S/c1-21(32,22(23,24)25)16-11-28-20(29-12-16)31-7-6-30(14-17(31)10-15-4-8-35-9-5-15)36(33,34)18-2-3-19(26)27-13-18/h2-3,11-13,15,17,32H,4-10,14H2,1H3,(H2,26,27). The van der Waals surface area contributed by atoms with Gasteiger partial charge in [-0.05, 0) is 44.2 Å². The second-order valence-corrected chi connectivity index (χ2v) is 11.2. The van der Waals surface area contributed by atoms with E-state index in [2.05, 4.69) is 15.0 Å². The van der Waals surface area contributed by atoms with Crippen molar-refractivity contribution in [1.82, 2.24) is 19.3 Å². The van der Waals surface area contributed by atoms with Crippen LogP contribution in [-0.2, 0) is 20.4 Å². The molecular weight excluding hydrogens is 501 g/mol. The summed E-state index contributed by atoms with van der Waals surface area (Å²) in [5.74, 6) is 0.679. The van der Waals surface area contributed by atoms with Crippen molar-refractivity contribution in [3.05, 3.63) is 36.3 Å². The van der Waals surface area contributed by atoms with Gasteiger partial charge in [0.15, 0.2) is 5.60 Å². The lowest BCUT2D eigenvalue weighted by molar-refractivity contribution is -0.259. The third-order valence-electron chi connectivity index (χ3n) is 6.80. The largest absolute Gasteiger partial charge is 0.421 e. The molecule has 2 fully saturated rings. The van der Waals surface area contributed by atoms with E-state index in [0.717, 1.165) is 25.2 Å². The minimum Gasteiger partial charge on any atom is -0.384 e. The first-order valence-corrected chi connectivity index (χ1v) is 13.0. The van der Waals surface area contributed by atoms with E-state index in [4.69, 9.17) is 10.5 Å². The third kappa shape index (κ3) is 5.41. The predicted molar refractivity (Wildman–Crippen MR) is 124 cm³/mol. The van der Waals surface area contributed by atoms with E-state index in [0.29, 0.717) is 26.6 Å². The Labute approximate surface area is 207 Å². The van der Waals surface area contributed by atoms with Gasteiger partial charge < -0.3 is 20.5 Å². The van der Waals surface area contributed by atoms with Crippen molar-refractivity contribution in [3.63, 3.8) is 0 Å². The van der Waals surface area contributed by atoms with Gasteiger partial charge >= 0.3 is 6.18 Å². The number of rotatable bonds is 6. The fourth-order valence-electron chi connectivity index (χ4n) is 4.45. The lowest BCUT2D eigenvalue weighted by Crippen LogP contribution is -2.56. The minimum atomic E-state index is -4.89. The molecule has 0 aliphatic carbocycles. The number of alkyl halides is 3. The molecule has 0 aromatic carbocycles. The van der Waals surface area contributed by atoms with Crippen LogP contribution < -0.4 is 10.6 Å². The predicted octanol–water partition coefficient (Wildman–Crippen LogP) is 1.92. The molecule has 0 bridgehead atoms. The number of sulfonamides is 1. The Kier molecular flexibility index (Phi) is 7.42. The maximum absolute atomic E-state index is 13.3. The highest BCUT2D eigenvalue weighted by Crippen LogP contribution is 2.38. The second-order valence-electron chi connectivity index (χ2n) is 9.26. The molecule has 2 unspecified atom stereocenters. The Morgan fingerprint density at radius 2 is 1.78 bits per heavy atom. The number of hydrogen-bond donors (Lipinski definition) is 2. The first kappa shape index (κ1) is 26.5. The number of anilines is 2. The minimum absolute atomic E-state index is 0.0324. The molecule has 0 radical (unpaired) electrons. The molecule has 36 heavy (non-hydrogen) atoms. The molecule has 2 aromatic heterocycles. The van der Waals surface area contributed by atoms with Crippen LogP contribution in [0.15, 0.2) is 35.6 Å². The topological polar surface area (TPSA) is 135 Å². The smallest absolute Gasteiger partial charge is 0.384 e. The van der Waals surface area contributed by atoms with Gasteiger partial charge in [-0.25, -0.2) is 23.4 Å². The summed E-state index contributed by atoms with van der Waals surface area (Å²) in [6.07, 6.45) is 0.551. The molecule has 2 aliphatic rings. The summed E-state index contributed by atoms with van der Waals surface area (Å²) >= 11 is 0. The van der Waals surface area contributed by atoms with Gasteiger partial charge in [0, 0.05) is 63.0 Å². The Balaban J connectivity index is 1.59. The first-order valence-electron chi connectivity index (χ1n) is 11.6. The van der Waals surface area contributed by atoms with Crippen LogP contribution in [0.1, 0.15) is 31.7 Å². The summed E-state index contributed by atoms with van der Waals surface area (Å²) in [4.78, 5) is 14.0. The van der Waals surface area contributed by atoms with Gasteiger partial charge in [0.25, 0.3) is 0 Å². The zero-order valence-corrected chi connectivity index (χ0v) is 20.5. The van der Waals surface area contributed by atoms with Crippen molar-refractivity contribution in [1.29, 1.82) is 0 Å². The molecule has 3 N–H and O–H groups in total. The number of piperazine rings is 1. The van der Waals surface area contributed by atoms with Crippen LogP contribution in [0.2, 0.25) is 0 Å². The van der Waals surface area contributed by atoms with Crippen molar-refractivity contribution in [3.8, 4) is 0 Å². The molecule has 0 saturated carbocycles. The number of aromatic nitrogens is 3. The first-order chi connectivity index (χ1) is 16.9. The average Bonchev–Trinajstić information content (AvgIpc) is 2.84. The number of ether oxygens (including phenoxy) is 1. The molecule has 2 atom stereocenters. The molecule has 4 heterocycles. The van der Waals surface area contributed by atoms with Gasteiger partial charge in [0.05, 0.1) is 0 Å². The fraction of sp³-hybridized carbons (Fsp3) is 0.591. The van der Waals surface area contributed by atoms with E-state index in [1.54, 1.807) is 0 Å². The summed E-state index contributed by atoms with van der Waals surface area (Å²) in [7, 11) is -3.84. The maximum atomic E-state index is 13.3. The normalized spacial score (nSPS) is 22.4. The molecule has 198 valence electrons. The number of halogens is 3. The highest BCUT2D eigenvalue weighted by molar-refractivity contribution is 7.89. The highest BCUT2D eigenvalue weighted by atomic mass is 32.2. The number of nitrogen functional groups attached to an aromatic ring is 1. The number of nitrogens with zero attached hydrogens (tertiary/aromatic N) is 5. The Hall–Kier alpha value is -2.55. The van der Waals surface area contributed by atoms with Crippen LogP contribution in [0.3, 0.4) is 0 Å². The molecular formula is C22H29F3N6O4S. The maximum Gasteiger partial charge on any atom is 0.421 e. The van der Waals surface area contributed by atoms with Crippen LogP contribution in [0.5, 0.6) is 0 Å². The Morgan fingerprint density at radius 1 is 1.11 bits per heavy atom. The van der Waals surface area contributed by atoms with Crippen molar-refractivity contribution >= 4 is 21.8 Å². The second kappa shape index (κ2) is 10.1. The van der Waals surface area contributed by atoms with E-state index in [9.17, 15) is 26.7 Å². The highest BCUT2D eigenvalue weighted by Gasteiger charge is 2.51. The summed E-state index contributed by atoms with van der Waals surface area (Å²) in [6, 6.07) is 2.52. The fourth-order valence-corrected chi connectivity index (χ4v) is 5.87. The number of hydrogen-bond acceptors (Lipinski definition) is 9. The molecule has 0 spiro atoms. The van der Waals surface area contributed by atoms with Gasteiger partial charge in [-0.3, -0.25) is 0 Å². The quantitative estimate of drug-likeness (QED) is 0.574. The number of pyridine rings is 1. The van der Waals surface area contributed by atoms with Crippen molar-refractivity contribution < 1.29 is 31.4 Å². The SMILES string of the molecule is CC(O)(c1cnc(N2CCN(S(=O)(=O)c3ccc(N)nc3)CC2CC2CCOCC2)nc1)C(F)(F)F. The zero-order chi connectivity index (χ0) is 26.1. The third-order valence-corrected chi connectivity index (χ3v) is 8.65. The van der Waals surface area contributed by atoms with Crippen LogP contribution in [0.25, 0.3) is 0 Å². The van der Waals surface area contributed by atoms with Crippen molar-refractivity contribution in [2.75, 3.05) is 43.5 Å². The molecule has 2 saturated heterocycles. The summed E-state index contributed by atoms with van der Waals surface area (Å²) < 4.78 is 73.0. The van der Waals surface area contributed by atoms with Gasteiger partial charge in [0.2, 0.25) is 16.0 Å². The van der Waals surface area contributed by atoms with Gasteiger partial charge in [-0.15, -0.1) is 0 Å². The Bertz CT molecular complexity index is 1140. The zero-order valence-electron chi connectivity index (χ0n) is 19.7. The van der Waals surface area contributed by atoms with Crippen molar-refractivity contribution in [2.24, 2.45) is 5.92 Å². The lowest BCUT2D eigenvalue weighted by Gasteiger charge is -2.42. The monoisotopic (exact) mass is 530 g/mol.